The minimum Gasteiger partial charge on any atom is -0.497 e. The van der Waals surface area contributed by atoms with Crippen molar-refractivity contribution in [1.82, 2.24) is 14.5 Å². The number of likely N-dealkylation sites (N-methyl/N-ethyl adjacent to an activating group) is 1. The number of nitrogens with zero attached hydrogens (tertiary/aromatic N) is 3. The van der Waals surface area contributed by atoms with E-state index in [4.69, 9.17) is 14.5 Å². The van der Waals surface area contributed by atoms with Crippen molar-refractivity contribution in [2.45, 2.75) is 26.8 Å². The second-order valence-corrected chi connectivity index (χ2v) is 9.97. The fraction of sp³-hybridized carbons (Fsp3) is 0.276. The summed E-state index contributed by atoms with van der Waals surface area (Å²) in [7, 11) is 3.16. The van der Waals surface area contributed by atoms with Crippen LogP contribution < -0.4 is 24.4 Å². The number of aromatic nitrogens is 2. The normalized spacial score (nSPS) is 15.4. The maximum absolute atomic E-state index is 14.0. The molecule has 0 unspecified atom stereocenters. The Hall–Kier alpha value is -4.11. The Morgan fingerprint density at radius 3 is 2.63 bits per heavy atom. The number of para-hydroxylation sites is 1. The first-order chi connectivity index (χ1) is 18.4. The SMILES string of the molecule is CCN(CC)C(=O)C1=C(C)N=c2s/c(=C\c3c[nH]c4ccccc34)c(=O)n2[C@@H]1c1cc(OC)ccc1OC. The molecular weight excluding hydrogens is 500 g/mol. The van der Waals surface area contributed by atoms with Gasteiger partial charge in [-0.25, -0.2) is 4.99 Å². The van der Waals surface area contributed by atoms with Crippen LogP contribution in [-0.4, -0.2) is 47.7 Å². The number of nitrogens with one attached hydrogen (secondary N) is 1. The molecule has 0 bridgehead atoms. The van der Waals surface area contributed by atoms with Crippen molar-refractivity contribution >= 4 is 34.2 Å². The number of fused-ring (bicyclic) bond motifs is 2. The average molecular weight is 531 g/mol. The number of rotatable bonds is 7. The van der Waals surface area contributed by atoms with Gasteiger partial charge in [0.25, 0.3) is 11.5 Å². The standard InChI is InChI=1S/C29H30N4O4S/c1-6-32(7-2)28(35)25-17(3)31-29-33(26(25)21-15-19(36-4)12-13-23(21)37-5)27(34)24(38-29)14-18-16-30-22-11-9-8-10-20(18)22/h8-16,26,30H,6-7H2,1-5H3/b24-14-/t26-/m1/s1. The Morgan fingerprint density at radius 2 is 1.92 bits per heavy atom. The van der Waals surface area contributed by atoms with E-state index in [-0.39, 0.29) is 11.5 Å². The van der Waals surface area contributed by atoms with Gasteiger partial charge in [-0.1, -0.05) is 29.5 Å². The second-order valence-electron chi connectivity index (χ2n) is 8.96. The summed E-state index contributed by atoms with van der Waals surface area (Å²) in [5.74, 6) is 1.00. The maximum atomic E-state index is 14.0. The summed E-state index contributed by atoms with van der Waals surface area (Å²) in [6.07, 6.45) is 3.78. The van der Waals surface area contributed by atoms with E-state index in [1.807, 2.05) is 63.4 Å². The van der Waals surface area contributed by atoms with Gasteiger partial charge in [-0.05, 0) is 51.1 Å². The number of allylic oxidation sites excluding steroid dienone is 1. The molecule has 196 valence electrons. The highest BCUT2D eigenvalue weighted by atomic mass is 32.1. The molecule has 0 saturated heterocycles. The summed E-state index contributed by atoms with van der Waals surface area (Å²) in [6, 6.07) is 12.6. The Balaban J connectivity index is 1.79. The van der Waals surface area contributed by atoms with Gasteiger partial charge in [0, 0.05) is 41.3 Å². The lowest BCUT2D eigenvalue weighted by Gasteiger charge is -2.30. The van der Waals surface area contributed by atoms with Gasteiger partial charge in [0.1, 0.15) is 17.5 Å². The molecule has 4 aromatic rings. The smallest absolute Gasteiger partial charge is 0.271 e. The summed E-state index contributed by atoms with van der Waals surface area (Å²) in [4.78, 5) is 38.2. The Bertz CT molecular complexity index is 1740. The Labute approximate surface area is 224 Å². The molecule has 8 nitrogen and oxygen atoms in total. The highest BCUT2D eigenvalue weighted by molar-refractivity contribution is 7.07. The molecule has 2 aromatic heterocycles. The van der Waals surface area contributed by atoms with Crippen LogP contribution in [0.3, 0.4) is 0 Å². The number of benzene rings is 2. The second kappa shape index (κ2) is 10.3. The molecule has 1 atom stereocenters. The van der Waals surface area contributed by atoms with Crippen molar-refractivity contribution in [3.05, 3.63) is 90.7 Å². The first-order valence-electron chi connectivity index (χ1n) is 12.5. The number of thiazole rings is 1. The number of aromatic amines is 1. The first kappa shape index (κ1) is 25.5. The molecule has 3 heterocycles. The van der Waals surface area contributed by atoms with E-state index < -0.39 is 6.04 Å². The van der Waals surface area contributed by atoms with Crippen LogP contribution in [0.1, 0.15) is 37.9 Å². The predicted octanol–water partition coefficient (Wildman–Crippen LogP) is 3.60. The zero-order valence-electron chi connectivity index (χ0n) is 22.1. The minimum absolute atomic E-state index is 0.156. The van der Waals surface area contributed by atoms with Crippen molar-refractivity contribution in [2.75, 3.05) is 27.3 Å². The molecule has 0 radical (unpaired) electrons. The van der Waals surface area contributed by atoms with E-state index >= 15 is 0 Å². The molecule has 1 aliphatic heterocycles. The molecule has 0 spiro atoms. The van der Waals surface area contributed by atoms with Crippen LogP contribution >= 0.6 is 11.3 Å². The largest absolute Gasteiger partial charge is 0.497 e. The van der Waals surface area contributed by atoms with Crippen molar-refractivity contribution < 1.29 is 14.3 Å². The third kappa shape index (κ3) is 4.22. The van der Waals surface area contributed by atoms with E-state index in [2.05, 4.69) is 4.98 Å². The van der Waals surface area contributed by atoms with E-state index in [1.165, 1.54) is 11.3 Å². The zero-order chi connectivity index (χ0) is 27.0. The first-order valence-corrected chi connectivity index (χ1v) is 13.3. The molecule has 1 aliphatic rings. The van der Waals surface area contributed by atoms with Gasteiger partial charge in [-0.15, -0.1) is 0 Å². The van der Waals surface area contributed by atoms with E-state index in [1.54, 1.807) is 35.8 Å². The lowest BCUT2D eigenvalue weighted by atomic mass is 9.93. The van der Waals surface area contributed by atoms with Crippen LogP contribution in [-0.2, 0) is 4.79 Å². The van der Waals surface area contributed by atoms with E-state index in [9.17, 15) is 9.59 Å². The van der Waals surface area contributed by atoms with Gasteiger partial charge in [0.15, 0.2) is 4.80 Å². The Morgan fingerprint density at radius 1 is 1.16 bits per heavy atom. The van der Waals surface area contributed by atoms with Crippen molar-refractivity contribution in [2.24, 2.45) is 4.99 Å². The van der Waals surface area contributed by atoms with Crippen molar-refractivity contribution in [3.63, 3.8) is 0 Å². The topological polar surface area (TPSA) is 88.9 Å². The number of hydrogen-bond donors (Lipinski definition) is 1. The van der Waals surface area contributed by atoms with E-state index in [0.717, 1.165) is 16.5 Å². The monoisotopic (exact) mass is 530 g/mol. The van der Waals surface area contributed by atoms with Gasteiger partial charge in [-0.2, -0.15) is 0 Å². The summed E-state index contributed by atoms with van der Waals surface area (Å²) in [5, 5.41) is 1.03. The zero-order valence-corrected chi connectivity index (χ0v) is 22.9. The minimum atomic E-state index is -0.727. The van der Waals surface area contributed by atoms with Gasteiger partial charge in [0.05, 0.1) is 30.0 Å². The molecule has 0 fully saturated rings. The van der Waals surface area contributed by atoms with Gasteiger partial charge >= 0.3 is 0 Å². The number of methoxy groups -OCH3 is 2. The lowest BCUT2D eigenvalue weighted by Crippen LogP contribution is -2.43. The third-order valence-corrected chi connectivity index (χ3v) is 7.92. The lowest BCUT2D eigenvalue weighted by molar-refractivity contribution is -0.127. The quantitative estimate of drug-likeness (QED) is 0.396. The molecular formula is C29H30N4O4S. The number of ether oxygens (including phenoxy) is 2. The van der Waals surface area contributed by atoms with Crippen LogP contribution in [0, 0.1) is 0 Å². The molecule has 5 rings (SSSR count). The summed E-state index contributed by atoms with van der Waals surface area (Å²) >= 11 is 1.31. The molecule has 1 amide bonds. The Kier molecular flexibility index (Phi) is 6.94. The molecule has 1 N–H and O–H groups in total. The highest BCUT2D eigenvalue weighted by Gasteiger charge is 2.36. The van der Waals surface area contributed by atoms with Crippen LogP contribution in [0.15, 0.2) is 69.7 Å². The van der Waals surface area contributed by atoms with Crippen LogP contribution in [0.2, 0.25) is 0 Å². The molecule has 0 saturated carbocycles. The number of amides is 1. The summed E-state index contributed by atoms with van der Waals surface area (Å²) < 4.78 is 13.4. The van der Waals surface area contributed by atoms with Gasteiger partial charge < -0.3 is 19.4 Å². The van der Waals surface area contributed by atoms with Gasteiger partial charge in [-0.3, -0.25) is 14.2 Å². The van der Waals surface area contributed by atoms with Gasteiger partial charge in [0.2, 0.25) is 0 Å². The molecule has 0 aliphatic carbocycles. The van der Waals surface area contributed by atoms with Crippen molar-refractivity contribution in [3.8, 4) is 11.5 Å². The number of carbonyl (C=O) groups is 1. The number of H-pyrrole nitrogens is 1. The number of carbonyl (C=O) groups excluding carboxylic acids is 1. The third-order valence-electron chi connectivity index (χ3n) is 6.94. The summed E-state index contributed by atoms with van der Waals surface area (Å²) in [5.41, 5.74) is 3.38. The van der Waals surface area contributed by atoms with Crippen LogP contribution in [0.5, 0.6) is 11.5 Å². The predicted molar refractivity (Wildman–Crippen MR) is 150 cm³/mol. The number of hydrogen-bond acceptors (Lipinski definition) is 6. The van der Waals surface area contributed by atoms with Crippen LogP contribution in [0.4, 0.5) is 0 Å². The summed E-state index contributed by atoms with van der Waals surface area (Å²) in [6.45, 7) is 6.79. The molecule has 38 heavy (non-hydrogen) atoms. The molecule has 2 aromatic carbocycles. The highest BCUT2D eigenvalue weighted by Crippen LogP contribution is 2.38. The fourth-order valence-electron chi connectivity index (χ4n) is 4.98. The van der Waals surface area contributed by atoms with Crippen LogP contribution in [0.25, 0.3) is 17.0 Å². The van der Waals surface area contributed by atoms with Crippen molar-refractivity contribution in [1.29, 1.82) is 0 Å². The molecule has 9 heteroatoms. The fourth-order valence-corrected chi connectivity index (χ4v) is 6.02. The average Bonchev–Trinajstić information content (AvgIpc) is 3.48. The van der Waals surface area contributed by atoms with E-state index in [0.29, 0.717) is 50.8 Å². The maximum Gasteiger partial charge on any atom is 0.271 e.